The van der Waals surface area contributed by atoms with Crippen molar-refractivity contribution in [3.05, 3.63) is 94.1 Å². The Balaban J connectivity index is 1.60. The number of rotatable bonds is 4. The Morgan fingerprint density at radius 1 is 0.914 bits per heavy atom. The van der Waals surface area contributed by atoms with E-state index in [0.29, 0.717) is 32.6 Å². The van der Waals surface area contributed by atoms with Crippen molar-refractivity contribution in [2.24, 2.45) is 0 Å². The SMILES string of the molecule is CC(C)(C)c1cc(-n2c(-c3ccc(Cl)cc3)nc3cc(C(=O)Nc4ccc(Cl)cc4)ccc32)n[nH]1. The van der Waals surface area contributed by atoms with Crippen LogP contribution >= 0.6 is 23.2 Å². The molecule has 0 atom stereocenters. The maximum absolute atomic E-state index is 12.9. The molecule has 1 amide bonds. The molecule has 0 unspecified atom stereocenters. The number of carbonyl (C=O) groups is 1. The standard InChI is InChI=1S/C27H23Cl2N5O/c1-27(2,3)23-15-24(33-32-23)34-22-13-6-17(26(35)30-20-11-9-19(29)10-12-20)14-21(22)31-25(34)16-4-7-18(28)8-5-16/h4-15H,1-3H3,(H,30,35)(H,32,33). The van der Waals surface area contributed by atoms with Gasteiger partial charge >= 0.3 is 0 Å². The van der Waals surface area contributed by atoms with Gasteiger partial charge in [0.15, 0.2) is 5.82 Å². The van der Waals surface area contributed by atoms with Crippen molar-refractivity contribution < 1.29 is 4.79 Å². The van der Waals surface area contributed by atoms with E-state index in [2.05, 4.69) is 36.3 Å². The molecular formula is C27H23Cl2N5O. The van der Waals surface area contributed by atoms with Crippen molar-refractivity contribution in [3.8, 4) is 17.2 Å². The van der Waals surface area contributed by atoms with Gasteiger partial charge in [-0.05, 0) is 66.7 Å². The van der Waals surface area contributed by atoms with E-state index >= 15 is 0 Å². The molecule has 0 radical (unpaired) electrons. The lowest BCUT2D eigenvalue weighted by atomic mass is 9.92. The molecule has 0 saturated carbocycles. The highest BCUT2D eigenvalue weighted by Gasteiger charge is 2.21. The van der Waals surface area contributed by atoms with E-state index in [4.69, 9.17) is 28.2 Å². The third kappa shape index (κ3) is 4.67. The first-order valence-corrected chi connectivity index (χ1v) is 11.9. The number of hydrogen-bond donors (Lipinski definition) is 2. The van der Waals surface area contributed by atoms with Crippen molar-refractivity contribution in [1.82, 2.24) is 19.7 Å². The van der Waals surface area contributed by atoms with Crippen LogP contribution in [0.15, 0.2) is 72.8 Å². The highest BCUT2D eigenvalue weighted by Crippen LogP contribution is 2.31. The Bertz CT molecular complexity index is 1530. The van der Waals surface area contributed by atoms with Gasteiger partial charge in [0.05, 0.1) is 11.0 Å². The zero-order valence-corrected chi connectivity index (χ0v) is 20.9. The van der Waals surface area contributed by atoms with Crippen LogP contribution in [-0.4, -0.2) is 25.7 Å². The van der Waals surface area contributed by atoms with E-state index < -0.39 is 0 Å². The Labute approximate surface area is 212 Å². The second-order valence-electron chi connectivity index (χ2n) is 9.33. The summed E-state index contributed by atoms with van der Waals surface area (Å²) in [4.78, 5) is 17.8. The van der Waals surface area contributed by atoms with Crippen LogP contribution < -0.4 is 5.32 Å². The van der Waals surface area contributed by atoms with E-state index in [1.807, 2.05) is 41.0 Å². The van der Waals surface area contributed by atoms with E-state index in [1.54, 1.807) is 36.4 Å². The van der Waals surface area contributed by atoms with Gasteiger partial charge < -0.3 is 5.32 Å². The van der Waals surface area contributed by atoms with Gasteiger partial charge in [-0.2, -0.15) is 5.10 Å². The molecule has 2 N–H and O–H groups in total. The second-order valence-corrected chi connectivity index (χ2v) is 10.2. The number of imidazole rings is 1. The average molecular weight is 504 g/mol. The summed E-state index contributed by atoms with van der Waals surface area (Å²) in [5, 5.41) is 11.9. The second kappa shape index (κ2) is 8.87. The molecule has 176 valence electrons. The number of anilines is 1. The molecule has 0 saturated heterocycles. The number of nitrogens with zero attached hydrogens (tertiary/aromatic N) is 3. The van der Waals surface area contributed by atoms with Crippen molar-refractivity contribution in [1.29, 1.82) is 0 Å². The van der Waals surface area contributed by atoms with Crippen molar-refractivity contribution in [2.75, 3.05) is 5.32 Å². The molecule has 8 heteroatoms. The van der Waals surface area contributed by atoms with E-state index in [0.717, 1.165) is 22.6 Å². The third-order valence-electron chi connectivity index (χ3n) is 5.72. The lowest BCUT2D eigenvalue weighted by Crippen LogP contribution is -2.11. The van der Waals surface area contributed by atoms with E-state index in [9.17, 15) is 4.79 Å². The minimum absolute atomic E-state index is 0.0883. The third-order valence-corrected chi connectivity index (χ3v) is 6.23. The van der Waals surface area contributed by atoms with Crippen LogP contribution in [0.25, 0.3) is 28.2 Å². The molecule has 35 heavy (non-hydrogen) atoms. The van der Waals surface area contributed by atoms with Gasteiger partial charge in [-0.15, -0.1) is 0 Å². The fourth-order valence-corrected chi connectivity index (χ4v) is 4.04. The summed E-state index contributed by atoms with van der Waals surface area (Å²) in [6.07, 6.45) is 0. The van der Waals surface area contributed by atoms with E-state index in [-0.39, 0.29) is 11.3 Å². The molecular weight excluding hydrogens is 481 g/mol. The number of benzene rings is 3. The van der Waals surface area contributed by atoms with Gasteiger partial charge in [-0.3, -0.25) is 14.5 Å². The topological polar surface area (TPSA) is 75.6 Å². The molecule has 0 spiro atoms. The highest BCUT2D eigenvalue weighted by molar-refractivity contribution is 6.31. The zero-order chi connectivity index (χ0) is 24.7. The van der Waals surface area contributed by atoms with Crippen LogP contribution in [0.5, 0.6) is 0 Å². The van der Waals surface area contributed by atoms with Gasteiger partial charge in [-0.25, -0.2) is 4.98 Å². The molecule has 0 aliphatic carbocycles. The minimum Gasteiger partial charge on any atom is -0.322 e. The Kier molecular flexibility index (Phi) is 5.87. The minimum atomic E-state index is -0.230. The molecule has 0 aliphatic rings. The van der Waals surface area contributed by atoms with Crippen LogP contribution in [-0.2, 0) is 5.41 Å². The normalized spacial score (nSPS) is 11.7. The summed E-state index contributed by atoms with van der Waals surface area (Å²) in [5.41, 5.74) is 4.49. The molecule has 2 heterocycles. The number of aromatic amines is 1. The zero-order valence-electron chi connectivity index (χ0n) is 19.4. The summed E-state index contributed by atoms with van der Waals surface area (Å²) in [7, 11) is 0. The summed E-state index contributed by atoms with van der Waals surface area (Å²) < 4.78 is 1.99. The van der Waals surface area contributed by atoms with Crippen LogP contribution in [0, 0.1) is 0 Å². The molecule has 0 fully saturated rings. The highest BCUT2D eigenvalue weighted by atomic mass is 35.5. The smallest absolute Gasteiger partial charge is 0.255 e. The number of aromatic nitrogens is 4. The number of amides is 1. The van der Waals surface area contributed by atoms with Crippen molar-refractivity contribution in [2.45, 2.75) is 26.2 Å². The predicted octanol–water partition coefficient (Wildman–Crippen LogP) is 7.27. The van der Waals surface area contributed by atoms with Gasteiger partial charge in [0.2, 0.25) is 0 Å². The lowest BCUT2D eigenvalue weighted by molar-refractivity contribution is 0.102. The molecule has 6 nitrogen and oxygen atoms in total. The van der Waals surface area contributed by atoms with E-state index in [1.165, 1.54) is 0 Å². The summed E-state index contributed by atoms with van der Waals surface area (Å²) in [5.74, 6) is 1.20. The monoisotopic (exact) mass is 503 g/mol. The van der Waals surface area contributed by atoms with Crippen molar-refractivity contribution in [3.63, 3.8) is 0 Å². The molecule has 2 aromatic heterocycles. The number of nitrogens with one attached hydrogen (secondary N) is 2. The van der Waals surface area contributed by atoms with Crippen LogP contribution in [0.1, 0.15) is 36.8 Å². The van der Waals surface area contributed by atoms with Crippen molar-refractivity contribution >= 4 is 45.8 Å². The fourth-order valence-electron chi connectivity index (χ4n) is 3.79. The molecule has 5 aromatic rings. The predicted molar refractivity (Wildman–Crippen MR) is 142 cm³/mol. The van der Waals surface area contributed by atoms with Gasteiger partial charge in [0.1, 0.15) is 5.82 Å². The Morgan fingerprint density at radius 3 is 2.20 bits per heavy atom. The van der Waals surface area contributed by atoms with Gasteiger partial charge in [0.25, 0.3) is 5.91 Å². The fraction of sp³-hybridized carbons (Fsp3) is 0.148. The number of halogens is 2. The largest absolute Gasteiger partial charge is 0.322 e. The van der Waals surface area contributed by atoms with Crippen LogP contribution in [0.2, 0.25) is 10.0 Å². The first kappa shape index (κ1) is 23.1. The summed E-state index contributed by atoms with van der Waals surface area (Å²) >= 11 is 12.1. The average Bonchev–Trinajstić information content (AvgIpc) is 3.45. The Hall–Kier alpha value is -3.61. The number of carbonyl (C=O) groups excluding carboxylic acids is 1. The Morgan fingerprint density at radius 2 is 1.57 bits per heavy atom. The van der Waals surface area contributed by atoms with Crippen LogP contribution in [0.4, 0.5) is 5.69 Å². The maximum Gasteiger partial charge on any atom is 0.255 e. The lowest BCUT2D eigenvalue weighted by Gasteiger charge is -2.14. The molecule has 0 aliphatic heterocycles. The number of H-pyrrole nitrogens is 1. The maximum atomic E-state index is 12.9. The first-order valence-electron chi connectivity index (χ1n) is 11.1. The number of fused-ring (bicyclic) bond motifs is 1. The summed E-state index contributed by atoms with van der Waals surface area (Å²) in [6, 6.07) is 22.0. The molecule has 3 aromatic carbocycles. The van der Waals surface area contributed by atoms with Gasteiger partial charge in [0, 0.05) is 44.0 Å². The van der Waals surface area contributed by atoms with Gasteiger partial charge in [-0.1, -0.05) is 44.0 Å². The first-order chi connectivity index (χ1) is 16.7. The molecule has 5 rings (SSSR count). The summed E-state index contributed by atoms with van der Waals surface area (Å²) in [6.45, 7) is 6.38. The van der Waals surface area contributed by atoms with Crippen LogP contribution in [0.3, 0.4) is 0 Å². The number of hydrogen-bond acceptors (Lipinski definition) is 3. The quantitative estimate of drug-likeness (QED) is 0.270. The molecule has 0 bridgehead atoms.